The number of hydrogen-bond acceptors (Lipinski definition) is 3. The lowest BCUT2D eigenvalue weighted by atomic mass is 10.1. The summed E-state index contributed by atoms with van der Waals surface area (Å²) in [4.78, 5) is 25.8. The predicted molar refractivity (Wildman–Crippen MR) is 83.5 cm³/mol. The van der Waals surface area contributed by atoms with Gasteiger partial charge in [-0.05, 0) is 18.7 Å². The molecule has 5 nitrogen and oxygen atoms in total. The lowest BCUT2D eigenvalue weighted by Crippen LogP contribution is -2.37. The molecule has 1 saturated heterocycles. The van der Waals surface area contributed by atoms with Crippen LogP contribution in [-0.2, 0) is 9.59 Å². The zero-order chi connectivity index (χ0) is 15.2. The van der Waals surface area contributed by atoms with E-state index in [4.69, 9.17) is 11.6 Å². The summed E-state index contributed by atoms with van der Waals surface area (Å²) in [6, 6.07) is 7.19. The van der Waals surface area contributed by atoms with Crippen LogP contribution in [0.5, 0.6) is 0 Å². The first-order valence-corrected chi connectivity index (χ1v) is 7.54. The van der Waals surface area contributed by atoms with E-state index in [-0.39, 0.29) is 24.2 Å². The average Bonchev–Trinajstić information content (AvgIpc) is 2.86. The third kappa shape index (κ3) is 3.95. The minimum Gasteiger partial charge on any atom is -0.355 e. The van der Waals surface area contributed by atoms with E-state index in [1.165, 1.54) is 0 Å². The second kappa shape index (κ2) is 7.43. The molecule has 1 atom stereocenters. The quantitative estimate of drug-likeness (QED) is 0.781. The van der Waals surface area contributed by atoms with E-state index >= 15 is 0 Å². The highest BCUT2D eigenvalue weighted by atomic mass is 35.5. The number of hydrogen-bond donors (Lipinski definition) is 2. The Labute approximate surface area is 129 Å². The van der Waals surface area contributed by atoms with Gasteiger partial charge in [0.25, 0.3) is 0 Å². The van der Waals surface area contributed by atoms with E-state index in [2.05, 4.69) is 10.6 Å². The Hall–Kier alpha value is -1.59. The van der Waals surface area contributed by atoms with Gasteiger partial charge in [0.15, 0.2) is 0 Å². The normalized spacial score (nSPS) is 18.1. The van der Waals surface area contributed by atoms with Crippen molar-refractivity contribution in [2.75, 3.05) is 31.1 Å². The van der Waals surface area contributed by atoms with Crippen molar-refractivity contribution in [3.63, 3.8) is 0 Å². The molecule has 114 valence electrons. The molecule has 0 aliphatic carbocycles. The molecule has 0 bridgehead atoms. The first kappa shape index (κ1) is 15.8. The molecule has 2 amide bonds. The molecule has 1 aliphatic heterocycles. The maximum Gasteiger partial charge on any atom is 0.227 e. The molecular formula is C15H20ClN3O2. The van der Waals surface area contributed by atoms with Crippen molar-refractivity contribution in [2.45, 2.75) is 13.3 Å². The Morgan fingerprint density at radius 1 is 1.38 bits per heavy atom. The number of halogens is 1. The minimum atomic E-state index is -0.310. The number of carbonyl (C=O) groups excluding carboxylic acids is 2. The lowest BCUT2D eigenvalue weighted by Gasteiger charge is -2.18. The van der Waals surface area contributed by atoms with Crippen molar-refractivity contribution < 1.29 is 9.59 Å². The van der Waals surface area contributed by atoms with Crippen LogP contribution in [0, 0.1) is 5.92 Å². The van der Waals surface area contributed by atoms with Crippen molar-refractivity contribution in [1.29, 1.82) is 0 Å². The van der Waals surface area contributed by atoms with Crippen LogP contribution >= 0.6 is 11.6 Å². The van der Waals surface area contributed by atoms with Gasteiger partial charge in [0.05, 0.1) is 16.6 Å². The molecule has 6 heteroatoms. The molecule has 1 aliphatic rings. The zero-order valence-electron chi connectivity index (χ0n) is 12.1. The van der Waals surface area contributed by atoms with E-state index in [9.17, 15) is 9.59 Å². The zero-order valence-corrected chi connectivity index (χ0v) is 12.8. The molecule has 1 heterocycles. The number of amides is 2. The number of carbonyl (C=O) groups is 2. The van der Waals surface area contributed by atoms with Crippen molar-refractivity contribution in [1.82, 2.24) is 10.6 Å². The maximum absolute atomic E-state index is 12.1. The van der Waals surface area contributed by atoms with E-state index in [1.807, 2.05) is 19.1 Å². The maximum atomic E-state index is 12.1. The number of likely N-dealkylation sites (N-methyl/N-ethyl adjacent to an activating group) is 1. The largest absolute Gasteiger partial charge is 0.355 e. The molecule has 1 aromatic rings. The fraction of sp³-hybridized carbons (Fsp3) is 0.467. The van der Waals surface area contributed by atoms with Gasteiger partial charge in [-0.15, -0.1) is 0 Å². The van der Waals surface area contributed by atoms with Gasteiger partial charge in [0, 0.05) is 26.1 Å². The van der Waals surface area contributed by atoms with Crippen LogP contribution in [0.1, 0.15) is 13.3 Å². The smallest absolute Gasteiger partial charge is 0.227 e. The van der Waals surface area contributed by atoms with Gasteiger partial charge in [0.2, 0.25) is 11.8 Å². The summed E-state index contributed by atoms with van der Waals surface area (Å²) in [7, 11) is 0. The molecule has 0 saturated carbocycles. The molecule has 1 unspecified atom stereocenters. The summed E-state index contributed by atoms with van der Waals surface area (Å²) in [6.07, 6.45) is 0.234. The summed E-state index contributed by atoms with van der Waals surface area (Å²) >= 11 is 6.11. The number of rotatable bonds is 6. The number of para-hydroxylation sites is 1. The monoisotopic (exact) mass is 309 g/mol. The van der Waals surface area contributed by atoms with Crippen molar-refractivity contribution in [3.05, 3.63) is 29.3 Å². The number of anilines is 1. The Balaban J connectivity index is 1.93. The summed E-state index contributed by atoms with van der Waals surface area (Å²) in [5.41, 5.74) is 0.673. The molecular weight excluding hydrogens is 290 g/mol. The molecule has 2 rings (SSSR count). The van der Waals surface area contributed by atoms with Gasteiger partial charge in [-0.2, -0.15) is 0 Å². The van der Waals surface area contributed by atoms with Crippen LogP contribution in [0.15, 0.2) is 24.3 Å². The van der Waals surface area contributed by atoms with E-state index < -0.39 is 0 Å². The summed E-state index contributed by atoms with van der Waals surface area (Å²) in [5, 5.41) is 6.52. The third-order valence-electron chi connectivity index (χ3n) is 3.49. The highest BCUT2D eigenvalue weighted by Gasteiger charge is 2.35. The van der Waals surface area contributed by atoms with Crippen LogP contribution in [-0.4, -0.2) is 38.0 Å². The lowest BCUT2D eigenvalue weighted by molar-refractivity contribution is -0.126. The summed E-state index contributed by atoms with van der Waals surface area (Å²) < 4.78 is 0. The second-order valence-electron chi connectivity index (χ2n) is 5.00. The minimum absolute atomic E-state index is 0.0602. The third-order valence-corrected chi connectivity index (χ3v) is 3.81. The first-order chi connectivity index (χ1) is 10.1. The SMILES string of the molecule is CCNCCNC(=O)C1CC(=O)N(c2ccccc2Cl)C1. The first-order valence-electron chi connectivity index (χ1n) is 7.16. The average molecular weight is 310 g/mol. The summed E-state index contributed by atoms with van der Waals surface area (Å²) in [5.74, 6) is -0.443. The molecule has 0 radical (unpaired) electrons. The van der Waals surface area contributed by atoms with Gasteiger partial charge < -0.3 is 15.5 Å². The van der Waals surface area contributed by atoms with Gasteiger partial charge in [-0.1, -0.05) is 30.7 Å². The molecule has 21 heavy (non-hydrogen) atoms. The Morgan fingerprint density at radius 2 is 2.14 bits per heavy atom. The van der Waals surface area contributed by atoms with Gasteiger partial charge in [-0.3, -0.25) is 9.59 Å². The Bertz CT molecular complexity index is 521. The van der Waals surface area contributed by atoms with E-state index in [0.717, 1.165) is 13.1 Å². The van der Waals surface area contributed by atoms with Crippen LogP contribution in [0.25, 0.3) is 0 Å². The van der Waals surface area contributed by atoms with E-state index in [1.54, 1.807) is 17.0 Å². The fourth-order valence-corrected chi connectivity index (χ4v) is 2.62. The molecule has 0 aromatic heterocycles. The predicted octanol–water partition coefficient (Wildman–Crippen LogP) is 1.42. The summed E-state index contributed by atoms with van der Waals surface area (Å²) in [6.45, 7) is 4.58. The number of nitrogens with one attached hydrogen (secondary N) is 2. The van der Waals surface area contributed by atoms with Crippen molar-refractivity contribution >= 4 is 29.1 Å². The molecule has 0 spiro atoms. The molecule has 1 aromatic carbocycles. The van der Waals surface area contributed by atoms with Gasteiger partial charge in [-0.25, -0.2) is 0 Å². The van der Waals surface area contributed by atoms with Gasteiger partial charge >= 0.3 is 0 Å². The second-order valence-corrected chi connectivity index (χ2v) is 5.41. The highest BCUT2D eigenvalue weighted by Crippen LogP contribution is 2.30. The van der Waals surface area contributed by atoms with Crippen LogP contribution in [0.3, 0.4) is 0 Å². The van der Waals surface area contributed by atoms with Gasteiger partial charge in [0.1, 0.15) is 0 Å². The number of benzene rings is 1. The topological polar surface area (TPSA) is 61.4 Å². The van der Waals surface area contributed by atoms with Crippen LogP contribution in [0.4, 0.5) is 5.69 Å². The highest BCUT2D eigenvalue weighted by molar-refractivity contribution is 6.33. The Kier molecular flexibility index (Phi) is 5.59. The van der Waals surface area contributed by atoms with E-state index in [0.29, 0.717) is 23.8 Å². The molecule has 2 N–H and O–H groups in total. The molecule has 1 fully saturated rings. The Morgan fingerprint density at radius 3 is 2.86 bits per heavy atom. The van der Waals surface area contributed by atoms with Crippen LogP contribution in [0.2, 0.25) is 5.02 Å². The fourth-order valence-electron chi connectivity index (χ4n) is 2.38. The standard InChI is InChI=1S/C15H20ClN3O2/c1-2-17-7-8-18-15(21)11-9-14(20)19(10-11)13-6-4-3-5-12(13)16/h3-6,11,17H,2,7-10H2,1H3,(H,18,21). The van der Waals surface area contributed by atoms with Crippen LogP contribution < -0.4 is 15.5 Å². The number of nitrogens with zero attached hydrogens (tertiary/aromatic N) is 1. The van der Waals surface area contributed by atoms with Crippen molar-refractivity contribution in [2.24, 2.45) is 5.92 Å². The van der Waals surface area contributed by atoms with Crippen molar-refractivity contribution in [3.8, 4) is 0 Å².